The van der Waals surface area contributed by atoms with Crippen molar-refractivity contribution in [2.45, 2.75) is 25.9 Å². The van der Waals surface area contributed by atoms with Crippen LogP contribution in [0.5, 0.6) is 0 Å². The van der Waals surface area contributed by atoms with Crippen molar-refractivity contribution in [1.29, 1.82) is 0 Å². The van der Waals surface area contributed by atoms with Crippen LogP contribution >= 0.6 is 11.8 Å². The Balaban J connectivity index is 1.46. The standard InChI is InChI=1S/C18H33N5O2S/c1-2-19-18(20-5-6-21-11-14-26-15-12-21)23-9-7-22(8-10-23)17(24)16-4-3-13-25-16/h16H,2-15H2,1H3,(H,19,20). The fraction of sp³-hybridized carbons (Fsp3) is 0.889. The lowest BCUT2D eigenvalue weighted by molar-refractivity contribution is -0.142. The van der Waals surface area contributed by atoms with Crippen molar-refractivity contribution in [3.05, 3.63) is 0 Å². The number of ether oxygens (including phenoxy) is 1. The molecule has 0 spiro atoms. The molecule has 1 unspecified atom stereocenters. The van der Waals surface area contributed by atoms with Crippen LogP contribution in [0.2, 0.25) is 0 Å². The average Bonchev–Trinajstić information content (AvgIpc) is 3.23. The number of hydrogen-bond acceptors (Lipinski definition) is 5. The third-order valence-corrected chi connectivity index (χ3v) is 6.15. The highest BCUT2D eigenvalue weighted by molar-refractivity contribution is 7.99. The SMILES string of the molecule is CCNC(=NCCN1CCSCC1)N1CCN(C(=O)C2CCCO2)CC1. The van der Waals surface area contributed by atoms with Crippen LogP contribution in [0.15, 0.2) is 4.99 Å². The lowest BCUT2D eigenvalue weighted by atomic mass is 10.2. The maximum absolute atomic E-state index is 12.5. The van der Waals surface area contributed by atoms with Gasteiger partial charge in [-0.3, -0.25) is 14.7 Å². The molecule has 1 atom stereocenters. The van der Waals surface area contributed by atoms with Crippen LogP contribution in [-0.4, -0.2) is 110 Å². The quantitative estimate of drug-likeness (QED) is 0.545. The fourth-order valence-corrected chi connectivity index (χ4v) is 4.64. The van der Waals surface area contributed by atoms with Crippen molar-refractivity contribution in [3.8, 4) is 0 Å². The van der Waals surface area contributed by atoms with E-state index < -0.39 is 0 Å². The molecule has 0 aromatic rings. The topological polar surface area (TPSA) is 60.4 Å². The summed E-state index contributed by atoms with van der Waals surface area (Å²) in [6.07, 6.45) is 1.67. The van der Waals surface area contributed by atoms with E-state index in [1.807, 2.05) is 16.7 Å². The number of aliphatic imine (C=N–C) groups is 1. The van der Waals surface area contributed by atoms with E-state index in [1.54, 1.807) is 0 Å². The first kappa shape index (κ1) is 19.8. The first-order chi connectivity index (χ1) is 12.8. The van der Waals surface area contributed by atoms with Crippen LogP contribution in [0.3, 0.4) is 0 Å². The highest BCUT2D eigenvalue weighted by Crippen LogP contribution is 2.16. The van der Waals surface area contributed by atoms with Crippen molar-refractivity contribution in [2.75, 3.05) is 77.0 Å². The van der Waals surface area contributed by atoms with Gasteiger partial charge in [-0.15, -0.1) is 0 Å². The van der Waals surface area contributed by atoms with E-state index in [9.17, 15) is 4.79 Å². The molecule has 0 saturated carbocycles. The average molecular weight is 384 g/mol. The van der Waals surface area contributed by atoms with Gasteiger partial charge in [0.1, 0.15) is 6.10 Å². The van der Waals surface area contributed by atoms with E-state index in [2.05, 4.69) is 22.0 Å². The number of nitrogens with one attached hydrogen (secondary N) is 1. The van der Waals surface area contributed by atoms with Gasteiger partial charge in [0.15, 0.2) is 5.96 Å². The molecule has 3 aliphatic heterocycles. The van der Waals surface area contributed by atoms with E-state index in [-0.39, 0.29) is 12.0 Å². The molecule has 0 radical (unpaired) electrons. The molecular formula is C18H33N5O2S. The van der Waals surface area contributed by atoms with E-state index >= 15 is 0 Å². The van der Waals surface area contributed by atoms with Gasteiger partial charge in [0.2, 0.25) is 0 Å². The molecule has 3 fully saturated rings. The fourth-order valence-electron chi connectivity index (χ4n) is 3.66. The van der Waals surface area contributed by atoms with E-state index in [0.29, 0.717) is 0 Å². The Morgan fingerprint density at radius 3 is 2.54 bits per heavy atom. The number of rotatable bonds is 5. The Morgan fingerprint density at radius 1 is 1.15 bits per heavy atom. The smallest absolute Gasteiger partial charge is 0.251 e. The van der Waals surface area contributed by atoms with Crippen LogP contribution in [0.1, 0.15) is 19.8 Å². The second-order valence-electron chi connectivity index (χ2n) is 7.00. The maximum atomic E-state index is 12.5. The van der Waals surface area contributed by atoms with Crippen molar-refractivity contribution in [1.82, 2.24) is 20.0 Å². The van der Waals surface area contributed by atoms with Gasteiger partial charge in [-0.1, -0.05) is 0 Å². The molecule has 0 aromatic heterocycles. The summed E-state index contributed by atoms with van der Waals surface area (Å²) in [7, 11) is 0. The first-order valence-corrected chi connectivity index (χ1v) is 11.2. The van der Waals surface area contributed by atoms with Crippen molar-refractivity contribution in [2.24, 2.45) is 4.99 Å². The second kappa shape index (κ2) is 10.4. The first-order valence-electron chi connectivity index (χ1n) is 10.0. The van der Waals surface area contributed by atoms with Gasteiger partial charge in [-0.05, 0) is 19.8 Å². The summed E-state index contributed by atoms with van der Waals surface area (Å²) in [6.45, 7) is 11.1. The number of carbonyl (C=O) groups excluding carboxylic acids is 1. The Bertz CT molecular complexity index is 470. The molecule has 0 bridgehead atoms. The molecule has 1 amide bonds. The number of carbonyl (C=O) groups is 1. The van der Waals surface area contributed by atoms with Gasteiger partial charge in [-0.2, -0.15) is 11.8 Å². The molecule has 3 heterocycles. The summed E-state index contributed by atoms with van der Waals surface area (Å²) in [5.74, 6) is 3.64. The van der Waals surface area contributed by atoms with E-state index in [1.165, 1.54) is 24.6 Å². The molecule has 0 aliphatic carbocycles. The van der Waals surface area contributed by atoms with Gasteiger partial charge < -0.3 is 19.9 Å². The van der Waals surface area contributed by atoms with Crippen LogP contribution < -0.4 is 5.32 Å². The summed E-state index contributed by atoms with van der Waals surface area (Å²) in [6, 6.07) is 0. The Hall–Kier alpha value is -0.990. The van der Waals surface area contributed by atoms with Crippen molar-refractivity contribution in [3.63, 3.8) is 0 Å². The number of hydrogen-bond donors (Lipinski definition) is 1. The zero-order valence-corrected chi connectivity index (χ0v) is 16.8. The minimum atomic E-state index is -0.203. The molecule has 3 saturated heterocycles. The summed E-state index contributed by atoms with van der Waals surface area (Å²) in [5, 5.41) is 3.41. The van der Waals surface area contributed by atoms with Gasteiger partial charge in [0.25, 0.3) is 5.91 Å². The largest absolute Gasteiger partial charge is 0.368 e. The molecular weight excluding hydrogens is 350 g/mol. The molecule has 26 heavy (non-hydrogen) atoms. The summed E-state index contributed by atoms with van der Waals surface area (Å²) in [5.41, 5.74) is 0. The van der Waals surface area contributed by atoms with Gasteiger partial charge in [0.05, 0.1) is 6.54 Å². The molecule has 1 N–H and O–H groups in total. The molecule has 3 rings (SSSR count). The highest BCUT2D eigenvalue weighted by Gasteiger charge is 2.30. The minimum absolute atomic E-state index is 0.173. The number of guanidine groups is 1. The summed E-state index contributed by atoms with van der Waals surface area (Å²) >= 11 is 2.04. The number of thioether (sulfide) groups is 1. The lowest BCUT2D eigenvalue weighted by Gasteiger charge is -2.37. The normalized spacial score (nSPS) is 25.6. The number of piperazine rings is 1. The molecule has 3 aliphatic rings. The van der Waals surface area contributed by atoms with Crippen LogP contribution in [0.25, 0.3) is 0 Å². The minimum Gasteiger partial charge on any atom is -0.368 e. The zero-order chi connectivity index (χ0) is 18.2. The predicted molar refractivity (Wildman–Crippen MR) is 107 cm³/mol. The van der Waals surface area contributed by atoms with Gasteiger partial charge in [-0.25, -0.2) is 0 Å². The van der Waals surface area contributed by atoms with Crippen LogP contribution in [0, 0.1) is 0 Å². The Labute approximate surface area is 161 Å². The van der Waals surface area contributed by atoms with Crippen molar-refractivity contribution >= 4 is 23.6 Å². The third kappa shape index (κ3) is 5.50. The monoisotopic (exact) mass is 383 g/mol. The second-order valence-corrected chi connectivity index (χ2v) is 8.23. The van der Waals surface area contributed by atoms with Gasteiger partial charge in [0, 0.05) is 70.5 Å². The van der Waals surface area contributed by atoms with Gasteiger partial charge >= 0.3 is 0 Å². The molecule has 0 aromatic carbocycles. The Morgan fingerprint density at radius 2 is 1.88 bits per heavy atom. The predicted octanol–water partition coefficient (Wildman–Crippen LogP) is 0.324. The molecule has 148 valence electrons. The Kier molecular flexibility index (Phi) is 7.88. The summed E-state index contributed by atoms with van der Waals surface area (Å²) in [4.78, 5) is 24.1. The maximum Gasteiger partial charge on any atom is 0.251 e. The third-order valence-electron chi connectivity index (χ3n) is 5.21. The highest BCUT2D eigenvalue weighted by atomic mass is 32.2. The summed E-state index contributed by atoms with van der Waals surface area (Å²) < 4.78 is 5.54. The van der Waals surface area contributed by atoms with Crippen molar-refractivity contribution < 1.29 is 9.53 Å². The molecule has 7 nitrogen and oxygen atoms in total. The molecule has 8 heteroatoms. The number of nitrogens with zero attached hydrogens (tertiary/aromatic N) is 4. The van der Waals surface area contributed by atoms with Crippen LogP contribution in [0.4, 0.5) is 0 Å². The van der Waals surface area contributed by atoms with E-state index in [0.717, 1.165) is 71.2 Å². The zero-order valence-electron chi connectivity index (χ0n) is 16.0. The van der Waals surface area contributed by atoms with Crippen LogP contribution in [-0.2, 0) is 9.53 Å². The van der Waals surface area contributed by atoms with E-state index in [4.69, 9.17) is 9.73 Å². The number of amides is 1. The lowest BCUT2D eigenvalue weighted by Crippen LogP contribution is -2.55.